The topological polar surface area (TPSA) is 105 Å². The number of benzene rings is 2. The van der Waals surface area contributed by atoms with Crippen LogP contribution in [0.5, 0.6) is 5.75 Å². The highest BCUT2D eigenvalue weighted by molar-refractivity contribution is 6.27. The van der Waals surface area contributed by atoms with Crippen LogP contribution in [0, 0.1) is 6.92 Å². The molecule has 0 bridgehead atoms. The summed E-state index contributed by atoms with van der Waals surface area (Å²) in [5, 5.41) is 13.3. The van der Waals surface area contributed by atoms with Gasteiger partial charge in [0.25, 0.3) is 11.8 Å². The van der Waals surface area contributed by atoms with Gasteiger partial charge in [-0.25, -0.2) is 4.79 Å². The summed E-state index contributed by atoms with van der Waals surface area (Å²) in [7, 11) is 2.63. The molecule has 0 aromatic heterocycles. The lowest BCUT2D eigenvalue weighted by Gasteiger charge is -2.34. The van der Waals surface area contributed by atoms with E-state index < -0.39 is 34.7 Å². The first kappa shape index (κ1) is 18.5. The van der Waals surface area contributed by atoms with E-state index >= 15 is 0 Å². The molecule has 0 aliphatic carbocycles. The highest BCUT2D eigenvalue weighted by atomic mass is 16.5. The first-order valence-corrected chi connectivity index (χ1v) is 8.79. The molecule has 2 amide bonds. The van der Waals surface area contributed by atoms with Gasteiger partial charge in [0.15, 0.2) is 11.3 Å². The Morgan fingerprint density at radius 2 is 1.79 bits per heavy atom. The van der Waals surface area contributed by atoms with Crippen molar-refractivity contribution in [1.82, 2.24) is 0 Å². The molecule has 2 heterocycles. The lowest BCUT2D eigenvalue weighted by atomic mass is 9.82. The summed E-state index contributed by atoms with van der Waals surface area (Å²) in [4.78, 5) is 40.2. The van der Waals surface area contributed by atoms with E-state index in [1.54, 1.807) is 42.5 Å². The van der Waals surface area contributed by atoms with Crippen LogP contribution in [0.1, 0.15) is 11.1 Å². The molecule has 1 unspecified atom stereocenters. The zero-order valence-corrected chi connectivity index (χ0v) is 16.0. The Bertz CT molecular complexity index is 1090. The van der Waals surface area contributed by atoms with Gasteiger partial charge in [-0.15, -0.1) is 0 Å². The summed E-state index contributed by atoms with van der Waals surface area (Å²) >= 11 is 0. The van der Waals surface area contributed by atoms with Crippen molar-refractivity contribution in [2.75, 3.05) is 24.4 Å². The quantitative estimate of drug-likeness (QED) is 0.773. The number of amides is 2. The molecule has 1 atom stereocenters. The van der Waals surface area contributed by atoms with E-state index in [0.717, 1.165) is 17.6 Å². The predicted octanol–water partition coefficient (Wildman–Crippen LogP) is 2.18. The summed E-state index contributed by atoms with van der Waals surface area (Å²) in [5.74, 6) is -2.74. The maximum atomic E-state index is 13.3. The number of aliphatic hydroxyl groups is 1. The summed E-state index contributed by atoms with van der Waals surface area (Å²) in [6.45, 7) is 1.83. The fraction of sp³-hybridized carbons (Fsp3) is 0.190. The van der Waals surface area contributed by atoms with Crippen LogP contribution in [0.25, 0.3) is 0 Å². The lowest BCUT2D eigenvalue weighted by molar-refractivity contribution is -0.138. The fourth-order valence-corrected chi connectivity index (χ4v) is 3.91. The third kappa shape index (κ3) is 2.35. The number of nitrogens with zero attached hydrogens (tertiary/aromatic N) is 1. The first-order chi connectivity index (χ1) is 13.9. The van der Waals surface area contributed by atoms with Crippen molar-refractivity contribution in [3.05, 3.63) is 64.9 Å². The number of aliphatic hydroxyl groups excluding tert-OH is 1. The van der Waals surface area contributed by atoms with Crippen molar-refractivity contribution in [2.45, 2.75) is 12.5 Å². The third-order valence-electron chi connectivity index (χ3n) is 5.20. The van der Waals surface area contributed by atoms with E-state index in [1.165, 1.54) is 7.11 Å². The smallest absolute Gasteiger partial charge is 0.341 e. The largest absolute Gasteiger partial charge is 0.503 e. The van der Waals surface area contributed by atoms with Gasteiger partial charge in [-0.2, -0.15) is 0 Å². The second kappa shape index (κ2) is 6.37. The highest BCUT2D eigenvalue weighted by Gasteiger charge is 2.65. The van der Waals surface area contributed by atoms with Gasteiger partial charge in [-0.05, 0) is 37.3 Å². The van der Waals surface area contributed by atoms with Gasteiger partial charge in [0, 0.05) is 16.9 Å². The summed E-state index contributed by atoms with van der Waals surface area (Å²) in [6, 6.07) is 11.6. The number of carbonyl (C=O) groups is 3. The third-order valence-corrected chi connectivity index (χ3v) is 5.20. The van der Waals surface area contributed by atoms with Crippen molar-refractivity contribution in [3.8, 4) is 5.75 Å². The van der Waals surface area contributed by atoms with E-state index in [9.17, 15) is 19.5 Å². The highest BCUT2D eigenvalue weighted by Crippen LogP contribution is 2.52. The van der Waals surface area contributed by atoms with E-state index in [0.29, 0.717) is 22.7 Å². The number of aryl methyl sites for hydroxylation is 1. The monoisotopic (exact) mass is 394 g/mol. The normalized spacial score (nSPS) is 20.2. The van der Waals surface area contributed by atoms with E-state index in [-0.39, 0.29) is 0 Å². The molecule has 0 saturated carbocycles. The first-order valence-electron chi connectivity index (χ1n) is 8.79. The van der Waals surface area contributed by atoms with Crippen molar-refractivity contribution in [2.24, 2.45) is 0 Å². The zero-order valence-electron chi connectivity index (χ0n) is 16.0. The van der Waals surface area contributed by atoms with Gasteiger partial charge in [0.1, 0.15) is 11.3 Å². The van der Waals surface area contributed by atoms with Gasteiger partial charge >= 0.3 is 5.97 Å². The second-order valence-electron chi connectivity index (χ2n) is 6.77. The number of anilines is 2. The maximum absolute atomic E-state index is 13.3. The molecule has 0 fully saturated rings. The van der Waals surface area contributed by atoms with Crippen LogP contribution in [0.15, 0.2) is 53.8 Å². The average Bonchev–Trinajstić information content (AvgIpc) is 3.13. The summed E-state index contributed by atoms with van der Waals surface area (Å²) < 4.78 is 9.97. The van der Waals surface area contributed by atoms with Crippen molar-refractivity contribution in [1.29, 1.82) is 0 Å². The van der Waals surface area contributed by atoms with Crippen LogP contribution < -0.4 is 15.0 Å². The summed E-state index contributed by atoms with van der Waals surface area (Å²) in [5.41, 5.74) is -0.338. The molecule has 0 saturated heterocycles. The number of methoxy groups -OCH3 is 2. The lowest BCUT2D eigenvalue weighted by Crippen LogP contribution is -2.52. The number of ether oxygens (including phenoxy) is 2. The maximum Gasteiger partial charge on any atom is 0.341 e. The minimum absolute atomic E-state index is 0.311. The Hall–Kier alpha value is -3.81. The second-order valence-corrected chi connectivity index (χ2v) is 6.77. The minimum Gasteiger partial charge on any atom is -0.503 e. The molecule has 0 radical (unpaired) electrons. The van der Waals surface area contributed by atoms with Gasteiger partial charge < -0.3 is 19.9 Å². The molecule has 2 aromatic carbocycles. The Balaban J connectivity index is 2.04. The SMILES string of the molecule is COC(=O)C1=C(O)C(=O)N(c2ccc(OC)cc2)C12C(=O)Nc1ccc(C)cc12. The molecule has 8 nitrogen and oxygen atoms in total. The number of nitrogens with one attached hydrogen (secondary N) is 1. The number of fused-ring (bicyclic) bond motifs is 2. The van der Waals surface area contributed by atoms with E-state index in [4.69, 9.17) is 9.47 Å². The number of hydrogen-bond acceptors (Lipinski definition) is 6. The molecule has 2 aromatic rings. The molecule has 2 aliphatic heterocycles. The predicted molar refractivity (Wildman–Crippen MR) is 104 cm³/mol. The standard InChI is InChI=1S/C21H18N2O6/c1-11-4-9-15-14(10-11)21(20(27)22-15)16(19(26)29-3)17(24)18(25)23(21)12-5-7-13(28-2)8-6-12/h4-10,24H,1-3H3,(H,22,27). The molecular weight excluding hydrogens is 376 g/mol. The number of hydrogen-bond donors (Lipinski definition) is 2. The van der Waals surface area contributed by atoms with Crippen molar-refractivity contribution in [3.63, 3.8) is 0 Å². The molecule has 29 heavy (non-hydrogen) atoms. The molecule has 148 valence electrons. The van der Waals surface area contributed by atoms with Crippen LogP contribution in [0.4, 0.5) is 11.4 Å². The summed E-state index contributed by atoms with van der Waals surface area (Å²) in [6.07, 6.45) is 0. The number of esters is 1. The minimum atomic E-state index is -1.88. The zero-order chi connectivity index (χ0) is 20.9. The van der Waals surface area contributed by atoms with Gasteiger partial charge in [-0.3, -0.25) is 14.5 Å². The van der Waals surface area contributed by atoms with Crippen molar-refractivity contribution < 1.29 is 29.0 Å². The van der Waals surface area contributed by atoms with Crippen LogP contribution in [0.3, 0.4) is 0 Å². The average molecular weight is 394 g/mol. The Morgan fingerprint density at radius 1 is 1.10 bits per heavy atom. The van der Waals surface area contributed by atoms with Gasteiger partial charge in [0.2, 0.25) is 0 Å². The molecule has 2 aliphatic rings. The van der Waals surface area contributed by atoms with Crippen molar-refractivity contribution >= 4 is 29.2 Å². The van der Waals surface area contributed by atoms with Crippen LogP contribution >= 0.6 is 0 Å². The fourth-order valence-electron chi connectivity index (χ4n) is 3.91. The number of rotatable bonds is 3. The Morgan fingerprint density at radius 3 is 2.41 bits per heavy atom. The van der Waals surface area contributed by atoms with E-state index in [2.05, 4.69) is 5.32 Å². The van der Waals surface area contributed by atoms with Gasteiger partial charge in [0.05, 0.1) is 14.2 Å². The van der Waals surface area contributed by atoms with Crippen LogP contribution in [0.2, 0.25) is 0 Å². The Labute approximate surface area is 166 Å². The molecule has 4 rings (SSSR count). The molecule has 2 N–H and O–H groups in total. The number of carbonyl (C=O) groups excluding carboxylic acids is 3. The van der Waals surface area contributed by atoms with Crippen LogP contribution in [-0.4, -0.2) is 37.1 Å². The molecule has 8 heteroatoms. The molecular formula is C21H18N2O6. The molecule has 1 spiro atoms. The van der Waals surface area contributed by atoms with Gasteiger partial charge in [-0.1, -0.05) is 17.7 Å². The Kier molecular flexibility index (Phi) is 4.07. The van der Waals surface area contributed by atoms with Crippen LogP contribution in [-0.2, 0) is 24.7 Å². The van der Waals surface area contributed by atoms with E-state index in [1.807, 2.05) is 6.92 Å².